The van der Waals surface area contributed by atoms with Gasteiger partial charge in [0.1, 0.15) is 29.4 Å². The molecule has 2 aromatic carbocycles. The van der Waals surface area contributed by atoms with Crippen LogP contribution in [-0.2, 0) is 19.1 Å². The number of methoxy groups -OCH3 is 1. The first-order valence-corrected chi connectivity index (χ1v) is 14.4. The van der Waals surface area contributed by atoms with Gasteiger partial charge in [-0.3, -0.25) is 24.6 Å². The van der Waals surface area contributed by atoms with Gasteiger partial charge in [-0.2, -0.15) is 0 Å². The minimum Gasteiger partial charge on any atom is -0.510 e. The Morgan fingerprint density at radius 3 is 2.28 bits per heavy atom. The second-order valence-corrected chi connectivity index (χ2v) is 11.8. The number of aliphatic hydroxyl groups is 4. The maximum Gasteiger partial charge on any atom is 0.411 e. The number of likely N-dealkylation sites (N-methyl/N-ethyl adjacent to an activating group) is 1. The molecule has 3 aliphatic rings. The Morgan fingerprint density at radius 2 is 1.70 bits per heavy atom. The molecular weight excluding hydrogens is 602 g/mol. The number of phenolic OH excluding ortho intramolecular Hbond substituents is 1. The normalized spacial score (nSPS) is 27.2. The summed E-state index contributed by atoms with van der Waals surface area (Å²) >= 11 is 0. The Bertz CT molecular complexity index is 1700. The number of anilines is 1. The third kappa shape index (κ3) is 4.81. The lowest BCUT2D eigenvalue weighted by Crippen LogP contribution is -2.68. The van der Waals surface area contributed by atoms with Gasteiger partial charge in [0.2, 0.25) is 5.78 Å². The van der Waals surface area contributed by atoms with Crippen LogP contribution in [0.15, 0.2) is 59.1 Å². The summed E-state index contributed by atoms with van der Waals surface area (Å²) in [6, 6.07) is 8.06. The first-order valence-electron chi connectivity index (χ1n) is 14.4. The fraction of sp³-hybridized carbons (Fsp3) is 0.375. The largest absolute Gasteiger partial charge is 0.510 e. The van der Waals surface area contributed by atoms with E-state index in [2.05, 4.69) is 5.32 Å². The molecule has 2 aromatic rings. The third-order valence-corrected chi connectivity index (χ3v) is 9.07. The molecule has 0 heterocycles. The average molecular weight is 638 g/mol. The van der Waals surface area contributed by atoms with Crippen molar-refractivity contribution in [3.8, 4) is 16.9 Å². The minimum atomic E-state index is -3.00. The molecule has 244 valence electrons. The highest BCUT2D eigenvalue weighted by Gasteiger charge is 2.67. The van der Waals surface area contributed by atoms with Crippen LogP contribution in [-0.4, -0.2) is 106 Å². The summed E-state index contributed by atoms with van der Waals surface area (Å²) < 4.78 is 9.86. The lowest BCUT2D eigenvalue weighted by molar-refractivity contribution is -0.162. The maximum atomic E-state index is 14.1. The number of fused-ring (bicyclic) bond motifs is 3. The van der Waals surface area contributed by atoms with E-state index in [1.807, 2.05) is 0 Å². The number of Topliss-reactive ketones (excluding diaryl/α,β-unsaturated/α-hetero) is 2. The number of ether oxygens (including phenoxy) is 2. The number of benzene rings is 2. The molecule has 8 N–H and O–H groups in total. The van der Waals surface area contributed by atoms with E-state index >= 15 is 0 Å². The van der Waals surface area contributed by atoms with Gasteiger partial charge in [0, 0.05) is 24.3 Å². The fourth-order valence-electron chi connectivity index (χ4n) is 7.06. The van der Waals surface area contributed by atoms with Gasteiger partial charge in [0.15, 0.2) is 11.4 Å². The van der Waals surface area contributed by atoms with Crippen LogP contribution in [0, 0.1) is 11.8 Å². The highest BCUT2D eigenvalue weighted by Crippen LogP contribution is 2.56. The number of carbonyl (C=O) groups is 4. The summed E-state index contributed by atoms with van der Waals surface area (Å²) in [5, 5.41) is 59.8. The lowest BCUT2D eigenvalue weighted by Gasteiger charge is -2.53. The molecule has 5 rings (SSSR count). The van der Waals surface area contributed by atoms with E-state index < -0.39 is 87.5 Å². The van der Waals surface area contributed by atoms with Crippen molar-refractivity contribution >= 4 is 29.3 Å². The van der Waals surface area contributed by atoms with Crippen molar-refractivity contribution in [2.24, 2.45) is 17.6 Å². The predicted molar refractivity (Wildman–Crippen MR) is 162 cm³/mol. The van der Waals surface area contributed by atoms with Crippen LogP contribution in [0.25, 0.3) is 11.1 Å². The third-order valence-electron chi connectivity index (χ3n) is 9.07. The SMILES string of the molecule is COCCOC(=O)Nc1ccc(-c2ccc(O)c3c2C(C)C2C(=C(O)C4(O)C(=O)C(C(N)=O)=C(O)C(N(C)C)C4C2O)C3=O)cc1. The molecule has 46 heavy (non-hydrogen) atoms. The average Bonchev–Trinajstić information content (AvgIpc) is 2.99. The zero-order valence-corrected chi connectivity index (χ0v) is 25.5. The zero-order valence-electron chi connectivity index (χ0n) is 25.5. The van der Waals surface area contributed by atoms with E-state index in [1.165, 1.54) is 32.2 Å². The number of hydrogen-bond donors (Lipinski definition) is 7. The predicted octanol–water partition coefficient (Wildman–Crippen LogP) is 1.51. The molecule has 2 amide bonds. The van der Waals surface area contributed by atoms with Gasteiger partial charge in [0.25, 0.3) is 5.91 Å². The number of amides is 2. The molecule has 6 atom stereocenters. The molecule has 3 aliphatic carbocycles. The molecule has 0 saturated carbocycles. The number of ketones is 2. The van der Waals surface area contributed by atoms with Crippen LogP contribution in [0.2, 0.25) is 0 Å². The summed E-state index contributed by atoms with van der Waals surface area (Å²) in [7, 11) is 4.42. The van der Waals surface area contributed by atoms with Crippen LogP contribution in [0.5, 0.6) is 5.75 Å². The van der Waals surface area contributed by atoms with Gasteiger partial charge >= 0.3 is 6.09 Å². The number of aromatic hydroxyl groups is 1. The monoisotopic (exact) mass is 637 g/mol. The van der Waals surface area contributed by atoms with Crippen LogP contribution in [0.4, 0.5) is 10.5 Å². The summed E-state index contributed by atoms with van der Waals surface area (Å²) in [6.07, 6.45) is -2.40. The van der Waals surface area contributed by atoms with E-state index in [4.69, 9.17) is 15.2 Å². The Morgan fingerprint density at radius 1 is 1.04 bits per heavy atom. The highest BCUT2D eigenvalue weighted by molar-refractivity contribution is 6.25. The van der Waals surface area contributed by atoms with Gasteiger partial charge in [0.05, 0.1) is 30.2 Å². The highest BCUT2D eigenvalue weighted by atomic mass is 16.6. The zero-order chi connectivity index (χ0) is 33.8. The molecule has 6 unspecified atom stereocenters. The number of carbonyl (C=O) groups excluding carboxylic acids is 4. The second kappa shape index (κ2) is 11.9. The number of nitrogens with one attached hydrogen (secondary N) is 1. The van der Waals surface area contributed by atoms with E-state index in [1.54, 1.807) is 37.3 Å². The molecule has 0 bridgehead atoms. The maximum absolute atomic E-state index is 14.1. The van der Waals surface area contributed by atoms with Crippen molar-refractivity contribution in [1.29, 1.82) is 0 Å². The van der Waals surface area contributed by atoms with E-state index in [-0.39, 0.29) is 18.8 Å². The van der Waals surface area contributed by atoms with Crippen LogP contribution >= 0.6 is 0 Å². The van der Waals surface area contributed by atoms with Crippen LogP contribution in [0.1, 0.15) is 28.8 Å². The molecule has 0 spiro atoms. The molecule has 0 saturated heterocycles. The first-order chi connectivity index (χ1) is 21.7. The van der Waals surface area contributed by atoms with Gasteiger partial charge in [-0.15, -0.1) is 0 Å². The summed E-state index contributed by atoms with van der Waals surface area (Å²) in [4.78, 5) is 53.3. The second-order valence-electron chi connectivity index (χ2n) is 11.8. The Hall–Kier alpha value is -4.76. The van der Waals surface area contributed by atoms with Gasteiger partial charge < -0.3 is 40.7 Å². The molecular formula is C32H35N3O11. The topological polar surface area (TPSA) is 229 Å². The number of rotatable bonds is 7. The van der Waals surface area contributed by atoms with Crippen molar-refractivity contribution < 1.29 is 54.2 Å². The van der Waals surface area contributed by atoms with Crippen molar-refractivity contribution in [1.82, 2.24) is 4.90 Å². The Kier molecular flexibility index (Phi) is 8.42. The van der Waals surface area contributed by atoms with Crippen molar-refractivity contribution in [2.45, 2.75) is 30.6 Å². The summed E-state index contributed by atoms with van der Waals surface area (Å²) in [5.74, 6) is -9.71. The summed E-state index contributed by atoms with van der Waals surface area (Å²) in [6.45, 7) is 1.96. The van der Waals surface area contributed by atoms with E-state index in [9.17, 15) is 44.7 Å². The molecule has 0 radical (unpaired) electrons. The quantitative estimate of drug-likeness (QED) is 0.169. The van der Waals surface area contributed by atoms with E-state index in [0.29, 0.717) is 22.4 Å². The number of nitrogens with zero attached hydrogens (tertiary/aromatic N) is 1. The Balaban J connectivity index is 1.62. The fourth-order valence-corrected chi connectivity index (χ4v) is 7.06. The van der Waals surface area contributed by atoms with Gasteiger partial charge in [-0.1, -0.05) is 25.1 Å². The minimum absolute atomic E-state index is 0.0644. The van der Waals surface area contributed by atoms with Crippen molar-refractivity contribution in [3.63, 3.8) is 0 Å². The number of aliphatic hydroxyl groups excluding tert-OH is 3. The number of primary amides is 1. The number of hydrogen-bond acceptors (Lipinski definition) is 12. The molecule has 0 aromatic heterocycles. The molecule has 14 nitrogen and oxygen atoms in total. The van der Waals surface area contributed by atoms with Gasteiger partial charge in [-0.25, -0.2) is 4.79 Å². The summed E-state index contributed by atoms with van der Waals surface area (Å²) in [5.41, 5.74) is 2.53. The standard InChI is InChI=1S/C32H35N3O11/c1-13-18-16(14-5-7-15(8-6-14)34-31(43)46-12-11-45-4)9-10-17(36)20(18)25(37)21-19(13)26(38)23-24(35(2)3)27(39)22(30(33)42)29(41)32(23,44)28(21)40/h5-10,13,19,23-24,26,36,38-40,44H,11-12H2,1-4H3,(H2,33,42)(H,34,43). The van der Waals surface area contributed by atoms with E-state index in [0.717, 1.165) is 0 Å². The Labute approximate surface area is 263 Å². The first kappa shape index (κ1) is 32.6. The molecule has 0 aliphatic heterocycles. The van der Waals surface area contributed by atoms with Crippen molar-refractivity contribution in [2.75, 3.05) is 39.7 Å². The van der Waals surface area contributed by atoms with Gasteiger partial charge in [-0.05, 0) is 54.9 Å². The molecule has 14 heteroatoms. The number of nitrogens with two attached hydrogens (primary N) is 1. The van der Waals surface area contributed by atoms with Crippen molar-refractivity contribution in [3.05, 3.63) is 70.2 Å². The lowest BCUT2D eigenvalue weighted by atomic mass is 9.55. The smallest absolute Gasteiger partial charge is 0.411 e. The van der Waals surface area contributed by atoms with Crippen LogP contribution < -0.4 is 11.1 Å². The number of phenols is 1. The van der Waals surface area contributed by atoms with Crippen LogP contribution in [0.3, 0.4) is 0 Å². The molecule has 0 fully saturated rings.